The Kier molecular flexibility index (Phi) is 6.68. The number of hydrogen-bond acceptors (Lipinski definition) is 6. The summed E-state index contributed by atoms with van der Waals surface area (Å²) in [5.74, 6) is 1.72. The van der Waals surface area contributed by atoms with Crippen molar-refractivity contribution in [3.05, 3.63) is 39.7 Å². The lowest BCUT2D eigenvalue weighted by molar-refractivity contribution is -0.113. The molecule has 5 nitrogen and oxygen atoms in total. The number of hydrogen-bond donors (Lipinski definition) is 2. The van der Waals surface area contributed by atoms with Gasteiger partial charge < -0.3 is 15.4 Å². The van der Waals surface area contributed by atoms with Gasteiger partial charge in [-0.1, -0.05) is 25.4 Å². The lowest BCUT2D eigenvalue weighted by atomic mass is 10.2. The second kappa shape index (κ2) is 8.99. The molecule has 1 aromatic heterocycles. The minimum absolute atomic E-state index is 0.0697. The lowest BCUT2D eigenvalue weighted by Gasteiger charge is -2.21. The highest BCUT2D eigenvalue weighted by molar-refractivity contribution is 8.00. The number of anilines is 2. The molecule has 1 unspecified atom stereocenters. The first-order valence-electron chi connectivity index (χ1n) is 8.75. The summed E-state index contributed by atoms with van der Waals surface area (Å²) in [7, 11) is 1.56. The van der Waals surface area contributed by atoms with E-state index in [1.54, 1.807) is 36.6 Å². The van der Waals surface area contributed by atoms with Crippen LogP contribution in [0.1, 0.15) is 36.1 Å². The molecule has 8 heteroatoms. The van der Waals surface area contributed by atoms with Crippen LogP contribution in [-0.2, 0) is 11.2 Å². The Labute approximate surface area is 172 Å². The molecule has 1 aliphatic rings. The monoisotopic (exact) mass is 423 g/mol. The van der Waals surface area contributed by atoms with E-state index >= 15 is 0 Å². The number of halogens is 1. The highest BCUT2D eigenvalue weighted by Crippen LogP contribution is 2.43. The van der Waals surface area contributed by atoms with E-state index in [9.17, 15) is 4.79 Å². The molecule has 0 saturated heterocycles. The Morgan fingerprint density at radius 1 is 1.37 bits per heavy atom. The van der Waals surface area contributed by atoms with Gasteiger partial charge in [0.15, 0.2) is 0 Å². The molecule has 0 fully saturated rings. The fourth-order valence-electron chi connectivity index (χ4n) is 2.71. The molecule has 0 saturated carbocycles. The van der Waals surface area contributed by atoms with E-state index in [-0.39, 0.29) is 17.0 Å². The summed E-state index contributed by atoms with van der Waals surface area (Å²) in [5.41, 5.74) is 1.73. The first-order chi connectivity index (χ1) is 13.0. The third kappa shape index (κ3) is 4.78. The number of carbonyl (C=O) groups is 1. The van der Waals surface area contributed by atoms with Gasteiger partial charge in [0, 0.05) is 21.9 Å². The third-order valence-corrected chi connectivity index (χ3v) is 6.65. The Hall–Kier alpha value is -1.70. The summed E-state index contributed by atoms with van der Waals surface area (Å²) in [4.78, 5) is 18.6. The lowest BCUT2D eigenvalue weighted by Crippen LogP contribution is -2.19. The molecule has 144 valence electrons. The molecule has 1 atom stereocenters. The molecule has 0 aliphatic carbocycles. The van der Waals surface area contributed by atoms with Gasteiger partial charge in [0.2, 0.25) is 5.91 Å². The summed E-state index contributed by atoms with van der Waals surface area (Å²) < 4.78 is 5.28. The number of nitrogens with zero attached hydrogens (tertiary/aromatic N) is 1. The van der Waals surface area contributed by atoms with Crippen molar-refractivity contribution < 1.29 is 9.53 Å². The molecule has 1 aromatic carbocycles. The van der Waals surface area contributed by atoms with Crippen LogP contribution in [0.5, 0.6) is 5.75 Å². The van der Waals surface area contributed by atoms with Crippen LogP contribution in [0, 0.1) is 0 Å². The number of methoxy groups -OCH3 is 1. The van der Waals surface area contributed by atoms with Gasteiger partial charge in [0.1, 0.15) is 22.0 Å². The fourth-order valence-corrected chi connectivity index (χ4v) is 4.96. The summed E-state index contributed by atoms with van der Waals surface area (Å²) in [6.07, 6.45) is 1.83. The molecule has 3 rings (SSSR count). The van der Waals surface area contributed by atoms with E-state index < -0.39 is 0 Å². The quantitative estimate of drug-likeness (QED) is 0.610. The van der Waals surface area contributed by atoms with Crippen molar-refractivity contribution in [1.29, 1.82) is 0 Å². The van der Waals surface area contributed by atoms with Crippen LogP contribution < -0.4 is 15.4 Å². The molecule has 0 bridgehead atoms. The van der Waals surface area contributed by atoms with E-state index in [2.05, 4.69) is 30.5 Å². The first kappa shape index (κ1) is 20.0. The highest BCUT2D eigenvalue weighted by atomic mass is 35.5. The topological polar surface area (TPSA) is 62.7 Å². The Morgan fingerprint density at radius 2 is 2.19 bits per heavy atom. The SMILES string of the molecule is CCC1=NC(SCC(=O)Nc2cc(Cl)ccc2OC)c2cc(CC)sc2N1. The van der Waals surface area contributed by atoms with Gasteiger partial charge in [0.25, 0.3) is 0 Å². The molecule has 0 spiro atoms. The van der Waals surface area contributed by atoms with Crippen molar-refractivity contribution in [2.75, 3.05) is 23.5 Å². The Balaban J connectivity index is 1.69. The van der Waals surface area contributed by atoms with Gasteiger partial charge in [0.05, 0.1) is 18.6 Å². The van der Waals surface area contributed by atoms with Crippen LogP contribution >= 0.6 is 34.7 Å². The van der Waals surface area contributed by atoms with Gasteiger partial charge in [-0.2, -0.15) is 0 Å². The summed E-state index contributed by atoms with van der Waals surface area (Å²) >= 11 is 9.31. The minimum Gasteiger partial charge on any atom is -0.495 e. The van der Waals surface area contributed by atoms with E-state index in [0.717, 1.165) is 29.2 Å². The number of fused-ring (bicyclic) bond motifs is 1. The number of aliphatic imine (C=N–C) groups is 1. The standard InChI is InChI=1S/C19H22ClN3O2S2/c1-4-12-9-13-18(22-16(5-2)23-19(13)27-12)26-10-17(24)21-14-8-11(20)6-7-15(14)25-3/h6-9,18H,4-5,10H2,1-3H3,(H,21,24)(H,22,23). The molecular weight excluding hydrogens is 402 g/mol. The molecule has 2 heterocycles. The number of carbonyl (C=O) groups excluding carboxylic acids is 1. The van der Waals surface area contributed by atoms with Crippen LogP contribution in [0.15, 0.2) is 29.3 Å². The number of thioether (sulfide) groups is 1. The Morgan fingerprint density at radius 3 is 2.89 bits per heavy atom. The fraction of sp³-hybridized carbons (Fsp3) is 0.368. The number of rotatable bonds is 7. The third-order valence-electron chi connectivity index (χ3n) is 4.10. The van der Waals surface area contributed by atoms with Crippen LogP contribution in [0.3, 0.4) is 0 Å². The number of aryl methyl sites for hydroxylation is 1. The average molecular weight is 424 g/mol. The summed E-state index contributed by atoms with van der Waals surface area (Å²) in [6, 6.07) is 7.34. The number of amidine groups is 1. The van der Waals surface area contributed by atoms with Crippen molar-refractivity contribution in [2.45, 2.75) is 32.1 Å². The zero-order chi connectivity index (χ0) is 19.4. The molecule has 2 aromatic rings. The van der Waals surface area contributed by atoms with Gasteiger partial charge >= 0.3 is 0 Å². The van der Waals surface area contributed by atoms with Crippen LogP contribution in [0.25, 0.3) is 0 Å². The number of ether oxygens (including phenoxy) is 1. The van der Waals surface area contributed by atoms with Gasteiger partial charge in [-0.25, -0.2) is 0 Å². The van der Waals surface area contributed by atoms with Crippen molar-refractivity contribution in [2.24, 2.45) is 4.99 Å². The van der Waals surface area contributed by atoms with Crippen molar-refractivity contribution in [3.8, 4) is 5.75 Å². The van der Waals surface area contributed by atoms with E-state index in [4.69, 9.17) is 21.3 Å². The zero-order valence-corrected chi connectivity index (χ0v) is 17.9. The van der Waals surface area contributed by atoms with Crippen molar-refractivity contribution >= 4 is 57.1 Å². The number of nitrogens with one attached hydrogen (secondary N) is 2. The van der Waals surface area contributed by atoms with Gasteiger partial charge in [-0.05, 0) is 30.7 Å². The minimum atomic E-state index is -0.111. The molecule has 0 radical (unpaired) electrons. The van der Waals surface area contributed by atoms with Gasteiger partial charge in [-0.15, -0.1) is 23.1 Å². The van der Waals surface area contributed by atoms with Crippen LogP contribution in [0.2, 0.25) is 5.02 Å². The normalized spacial score (nSPS) is 15.6. The van der Waals surface area contributed by atoms with Crippen LogP contribution in [-0.4, -0.2) is 24.6 Å². The Bertz CT molecular complexity index is 867. The second-order valence-corrected chi connectivity index (χ2v) is 8.60. The van der Waals surface area contributed by atoms with Crippen LogP contribution in [0.4, 0.5) is 10.7 Å². The zero-order valence-electron chi connectivity index (χ0n) is 15.5. The van der Waals surface area contributed by atoms with E-state index in [1.165, 1.54) is 16.6 Å². The largest absolute Gasteiger partial charge is 0.495 e. The van der Waals surface area contributed by atoms with E-state index in [1.807, 2.05) is 0 Å². The van der Waals surface area contributed by atoms with E-state index in [0.29, 0.717) is 16.5 Å². The maximum atomic E-state index is 12.5. The molecular formula is C19H22ClN3O2S2. The smallest absolute Gasteiger partial charge is 0.234 e. The molecule has 27 heavy (non-hydrogen) atoms. The summed E-state index contributed by atoms with van der Waals surface area (Å²) in [6.45, 7) is 4.22. The van der Waals surface area contributed by atoms with Crippen molar-refractivity contribution in [1.82, 2.24) is 0 Å². The molecule has 1 aliphatic heterocycles. The number of thiophene rings is 1. The predicted molar refractivity (Wildman–Crippen MR) is 117 cm³/mol. The van der Waals surface area contributed by atoms with Gasteiger partial charge in [-0.3, -0.25) is 9.79 Å². The molecule has 2 N–H and O–H groups in total. The number of amides is 1. The number of benzene rings is 1. The van der Waals surface area contributed by atoms with Crippen molar-refractivity contribution in [3.63, 3.8) is 0 Å². The highest BCUT2D eigenvalue weighted by Gasteiger charge is 2.24. The second-order valence-electron chi connectivity index (χ2n) is 5.96. The maximum absolute atomic E-state index is 12.5. The summed E-state index contributed by atoms with van der Waals surface area (Å²) in [5, 5.41) is 7.90. The predicted octanol–water partition coefficient (Wildman–Crippen LogP) is 5.58. The maximum Gasteiger partial charge on any atom is 0.234 e. The molecule has 1 amide bonds. The average Bonchev–Trinajstić information content (AvgIpc) is 3.09. The first-order valence-corrected chi connectivity index (χ1v) is 11.0.